The Hall–Kier alpha value is -3.22. The lowest BCUT2D eigenvalue weighted by Crippen LogP contribution is -2.34. The minimum atomic E-state index is -0.00247. The summed E-state index contributed by atoms with van der Waals surface area (Å²) in [4.78, 5) is 16.1. The normalized spacial score (nSPS) is 16.5. The first-order chi connectivity index (χ1) is 13.2. The van der Waals surface area contributed by atoms with Crippen molar-refractivity contribution in [2.75, 3.05) is 13.7 Å². The molecule has 1 aliphatic heterocycles. The van der Waals surface area contributed by atoms with Crippen molar-refractivity contribution in [1.82, 2.24) is 25.1 Å². The van der Waals surface area contributed by atoms with Crippen LogP contribution in [-0.4, -0.2) is 44.7 Å². The first-order valence-corrected chi connectivity index (χ1v) is 9.01. The van der Waals surface area contributed by atoms with Gasteiger partial charge in [0.05, 0.1) is 13.2 Å². The monoisotopic (exact) mass is 363 g/mol. The third-order valence-electron chi connectivity index (χ3n) is 4.81. The molecule has 0 saturated carbocycles. The Kier molecular flexibility index (Phi) is 4.82. The molecule has 0 spiro atoms. The van der Waals surface area contributed by atoms with E-state index in [1.165, 1.54) is 4.80 Å². The lowest BCUT2D eigenvalue weighted by atomic mass is 10.0. The van der Waals surface area contributed by atoms with Crippen LogP contribution in [0, 0.1) is 0 Å². The van der Waals surface area contributed by atoms with Gasteiger partial charge in [-0.1, -0.05) is 42.5 Å². The molecule has 1 aliphatic rings. The van der Waals surface area contributed by atoms with E-state index in [9.17, 15) is 4.79 Å². The molecule has 1 aromatic heterocycles. The van der Waals surface area contributed by atoms with Crippen molar-refractivity contribution in [3.63, 3.8) is 0 Å². The van der Waals surface area contributed by atoms with E-state index in [0.29, 0.717) is 5.82 Å². The van der Waals surface area contributed by atoms with E-state index >= 15 is 0 Å². The standard InChI is InChI=1S/C20H21N5O2/c1-27-17-10-5-9-16(13-17)18-11-6-12-24(18)19(26)14-25-22-20(21-23-25)15-7-3-2-4-8-15/h2-5,7-10,13,18H,6,11-12,14H2,1H3. The number of aromatic nitrogens is 4. The largest absolute Gasteiger partial charge is 0.497 e. The molecule has 7 nitrogen and oxygen atoms in total. The maximum absolute atomic E-state index is 12.9. The fraction of sp³-hybridized carbons (Fsp3) is 0.300. The highest BCUT2D eigenvalue weighted by atomic mass is 16.5. The Bertz CT molecular complexity index is 925. The van der Waals surface area contributed by atoms with E-state index in [1.807, 2.05) is 59.5 Å². The second-order valence-electron chi connectivity index (χ2n) is 6.53. The molecule has 138 valence electrons. The number of tetrazole rings is 1. The number of amides is 1. The highest BCUT2D eigenvalue weighted by Gasteiger charge is 2.30. The Morgan fingerprint density at radius 3 is 2.85 bits per heavy atom. The number of methoxy groups -OCH3 is 1. The molecule has 0 radical (unpaired) electrons. The third-order valence-corrected chi connectivity index (χ3v) is 4.81. The number of carbonyl (C=O) groups excluding carboxylic acids is 1. The number of rotatable bonds is 5. The fourth-order valence-corrected chi connectivity index (χ4v) is 3.49. The van der Waals surface area contributed by atoms with E-state index in [-0.39, 0.29) is 18.5 Å². The summed E-state index contributed by atoms with van der Waals surface area (Å²) in [5.41, 5.74) is 1.98. The van der Waals surface area contributed by atoms with Crippen molar-refractivity contribution in [2.45, 2.75) is 25.4 Å². The molecule has 0 aliphatic carbocycles. The summed E-state index contributed by atoms with van der Waals surface area (Å²) >= 11 is 0. The highest BCUT2D eigenvalue weighted by Crippen LogP contribution is 2.33. The second kappa shape index (κ2) is 7.57. The van der Waals surface area contributed by atoms with Gasteiger partial charge in [-0.05, 0) is 35.8 Å². The van der Waals surface area contributed by atoms with Crippen LogP contribution in [0.5, 0.6) is 5.75 Å². The van der Waals surface area contributed by atoms with Crippen LogP contribution in [0.3, 0.4) is 0 Å². The topological polar surface area (TPSA) is 73.1 Å². The minimum Gasteiger partial charge on any atom is -0.497 e. The van der Waals surface area contributed by atoms with Crippen molar-refractivity contribution < 1.29 is 9.53 Å². The summed E-state index contributed by atoms with van der Waals surface area (Å²) in [7, 11) is 1.65. The lowest BCUT2D eigenvalue weighted by molar-refractivity contribution is -0.133. The summed E-state index contributed by atoms with van der Waals surface area (Å²) in [6.07, 6.45) is 1.92. The summed E-state index contributed by atoms with van der Waals surface area (Å²) < 4.78 is 5.31. The predicted molar refractivity (Wildman–Crippen MR) is 99.9 cm³/mol. The molecule has 1 atom stereocenters. The summed E-state index contributed by atoms with van der Waals surface area (Å²) in [5, 5.41) is 12.4. The predicted octanol–water partition coefficient (Wildman–Crippen LogP) is 2.71. The van der Waals surface area contributed by atoms with E-state index < -0.39 is 0 Å². The smallest absolute Gasteiger partial charge is 0.246 e. The number of likely N-dealkylation sites (tertiary alicyclic amines) is 1. The summed E-state index contributed by atoms with van der Waals surface area (Å²) in [5.74, 6) is 1.32. The molecule has 1 fully saturated rings. The van der Waals surface area contributed by atoms with Gasteiger partial charge in [-0.15, -0.1) is 10.2 Å². The fourth-order valence-electron chi connectivity index (χ4n) is 3.49. The number of hydrogen-bond acceptors (Lipinski definition) is 5. The van der Waals surface area contributed by atoms with Crippen LogP contribution in [0.15, 0.2) is 54.6 Å². The van der Waals surface area contributed by atoms with Gasteiger partial charge in [0, 0.05) is 12.1 Å². The Labute approximate surface area is 157 Å². The molecule has 27 heavy (non-hydrogen) atoms. The molecule has 1 unspecified atom stereocenters. The molecule has 7 heteroatoms. The maximum Gasteiger partial charge on any atom is 0.246 e. The number of hydrogen-bond donors (Lipinski definition) is 0. The van der Waals surface area contributed by atoms with Crippen LogP contribution < -0.4 is 4.74 Å². The van der Waals surface area contributed by atoms with Crippen molar-refractivity contribution in [2.24, 2.45) is 0 Å². The number of benzene rings is 2. The zero-order valence-corrected chi connectivity index (χ0v) is 15.2. The van der Waals surface area contributed by atoms with Crippen LogP contribution in [-0.2, 0) is 11.3 Å². The Morgan fingerprint density at radius 2 is 2.04 bits per heavy atom. The number of ether oxygens (including phenoxy) is 1. The van der Waals surface area contributed by atoms with E-state index in [0.717, 1.165) is 36.3 Å². The SMILES string of the molecule is COc1cccc(C2CCCN2C(=O)Cn2nnc(-c3ccccc3)n2)c1. The first kappa shape index (κ1) is 17.2. The molecule has 1 saturated heterocycles. The van der Waals surface area contributed by atoms with Crippen molar-refractivity contribution in [3.05, 3.63) is 60.2 Å². The van der Waals surface area contributed by atoms with Gasteiger partial charge in [0.15, 0.2) is 0 Å². The van der Waals surface area contributed by atoms with Gasteiger partial charge in [-0.3, -0.25) is 4.79 Å². The minimum absolute atomic E-state index is 0.00247. The van der Waals surface area contributed by atoms with Gasteiger partial charge in [0.1, 0.15) is 12.3 Å². The zero-order valence-electron chi connectivity index (χ0n) is 15.2. The summed E-state index contributed by atoms with van der Waals surface area (Å²) in [6.45, 7) is 0.821. The third kappa shape index (κ3) is 3.67. The highest BCUT2D eigenvalue weighted by molar-refractivity contribution is 5.76. The first-order valence-electron chi connectivity index (χ1n) is 9.01. The molecule has 4 rings (SSSR count). The zero-order chi connectivity index (χ0) is 18.6. The van der Waals surface area contributed by atoms with E-state index in [4.69, 9.17) is 4.74 Å². The molecule has 2 heterocycles. The van der Waals surface area contributed by atoms with E-state index in [1.54, 1.807) is 7.11 Å². The molecule has 2 aromatic carbocycles. The van der Waals surface area contributed by atoms with Crippen LogP contribution in [0.2, 0.25) is 0 Å². The number of nitrogens with zero attached hydrogens (tertiary/aromatic N) is 5. The summed E-state index contributed by atoms with van der Waals surface area (Å²) in [6, 6.07) is 17.6. The average Bonchev–Trinajstić information content (AvgIpc) is 3.38. The van der Waals surface area contributed by atoms with Crippen LogP contribution in [0.1, 0.15) is 24.4 Å². The second-order valence-corrected chi connectivity index (χ2v) is 6.53. The van der Waals surface area contributed by atoms with Gasteiger partial charge < -0.3 is 9.64 Å². The van der Waals surface area contributed by atoms with Crippen LogP contribution >= 0.6 is 0 Å². The van der Waals surface area contributed by atoms with Crippen LogP contribution in [0.25, 0.3) is 11.4 Å². The quantitative estimate of drug-likeness (QED) is 0.697. The van der Waals surface area contributed by atoms with E-state index in [2.05, 4.69) is 15.4 Å². The average molecular weight is 363 g/mol. The molecule has 1 amide bonds. The molecular weight excluding hydrogens is 342 g/mol. The van der Waals surface area contributed by atoms with Crippen molar-refractivity contribution in [1.29, 1.82) is 0 Å². The van der Waals surface area contributed by atoms with Gasteiger partial charge >= 0.3 is 0 Å². The van der Waals surface area contributed by atoms with Crippen molar-refractivity contribution in [3.8, 4) is 17.1 Å². The maximum atomic E-state index is 12.9. The Balaban J connectivity index is 1.48. The lowest BCUT2D eigenvalue weighted by Gasteiger charge is -2.25. The van der Waals surface area contributed by atoms with Gasteiger partial charge in [0.2, 0.25) is 11.7 Å². The van der Waals surface area contributed by atoms with Gasteiger partial charge in [-0.2, -0.15) is 4.80 Å². The van der Waals surface area contributed by atoms with Crippen molar-refractivity contribution >= 4 is 5.91 Å². The molecule has 0 bridgehead atoms. The molecular formula is C20H21N5O2. The molecule has 0 N–H and O–H groups in total. The van der Waals surface area contributed by atoms with Gasteiger partial charge in [-0.25, -0.2) is 0 Å². The Morgan fingerprint density at radius 1 is 1.19 bits per heavy atom. The number of carbonyl (C=O) groups is 1. The van der Waals surface area contributed by atoms with Crippen LogP contribution in [0.4, 0.5) is 0 Å². The van der Waals surface area contributed by atoms with Gasteiger partial charge in [0.25, 0.3) is 0 Å². The molecule has 3 aromatic rings.